The molecule has 1 aliphatic carbocycles. The van der Waals surface area contributed by atoms with Gasteiger partial charge in [0.15, 0.2) is 17.3 Å². The molecule has 0 radical (unpaired) electrons. The van der Waals surface area contributed by atoms with Crippen molar-refractivity contribution in [2.24, 2.45) is 5.10 Å². The number of anilines is 1. The zero-order valence-electron chi connectivity index (χ0n) is 19.4. The quantitative estimate of drug-likeness (QED) is 0.518. The number of hydrazone groups is 1. The van der Waals surface area contributed by atoms with Crippen LogP contribution in [0.15, 0.2) is 56.9 Å². The lowest BCUT2D eigenvalue weighted by atomic mass is 9.93. The highest BCUT2D eigenvalue weighted by atomic mass is 32.2. The van der Waals surface area contributed by atoms with E-state index in [2.05, 4.69) is 15.2 Å². The molecule has 3 aromatic rings. The van der Waals surface area contributed by atoms with E-state index >= 15 is 0 Å². The van der Waals surface area contributed by atoms with Crippen LogP contribution in [0.2, 0.25) is 0 Å². The molecule has 1 aliphatic heterocycles. The summed E-state index contributed by atoms with van der Waals surface area (Å²) in [6.07, 6.45) is 1.93. The first kappa shape index (κ1) is 23.0. The number of carbonyl (C=O) groups excluding carboxylic acids is 1. The summed E-state index contributed by atoms with van der Waals surface area (Å²) in [5.74, 6) is 1.58. The van der Waals surface area contributed by atoms with E-state index < -0.39 is 15.9 Å². The van der Waals surface area contributed by atoms with Gasteiger partial charge in [0.05, 0.1) is 10.6 Å². The number of fused-ring (bicyclic) bond motifs is 2. The first-order chi connectivity index (χ1) is 16.8. The van der Waals surface area contributed by atoms with Crippen LogP contribution < -0.4 is 19.6 Å². The van der Waals surface area contributed by atoms with E-state index in [4.69, 9.17) is 13.9 Å². The van der Waals surface area contributed by atoms with Gasteiger partial charge in [0.2, 0.25) is 0 Å². The summed E-state index contributed by atoms with van der Waals surface area (Å²) in [5.41, 5.74) is 3.34. The van der Waals surface area contributed by atoms with Gasteiger partial charge in [-0.1, -0.05) is 17.7 Å². The molecule has 9 nitrogen and oxygen atoms in total. The molecule has 0 fully saturated rings. The Morgan fingerprint density at radius 3 is 2.49 bits per heavy atom. The third-order valence-corrected chi connectivity index (χ3v) is 7.19. The molecule has 0 saturated carbocycles. The predicted octanol–water partition coefficient (Wildman–Crippen LogP) is 3.94. The maximum Gasteiger partial charge on any atom is 0.291 e. The van der Waals surface area contributed by atoms with Crippen molar-refractivity contribution in [1.29, 1.82) is 0 Å². The summed E-state index contributed by atoms with van der Waals surface area (Å²) < 4.78 is 42.4. The Hall–Kier alpha value is -3.79. The number of rotatable bonds is 5. The standard InChI is InChI=1S/C25H25N3O6S/c1-15-6-9-18(10-7-15)35(30,31)28-27-19-4-3-5-21-23(19)16(2)24(34-21)25(29)26-17-8-11-20-22(14-17)33-13-12-32-20/h6-11,14,28H,3-5,12-13H2,1-2H3,(H,26,29)/b27-19+. The molecule has 35 heavy (non-hydrogen) atoms. The van der Waals surface area contributed by atoms with Crippen molar-refractivity contribution in [2.45, 2.75) is 38.0 Å². The maximum absolute atomic E-state index is 13.0. The van der Waals surface area contributed by atoms with Gasteiger partial charge >= 0.3 is 0 Å². The van der Waals surface area contributed by atoms with Crippen LogP contribution in [-0.4, -0.2) is 33.3 Å². The first-order valence-corrected chi connectivity index (χ1v) is 12.8. The Labute approximate surface area is 203 Å². The van der Waals surface area contributed by atoms with Crippen molar-refractivity contribution < 1.29 is 27.1 Å². The van der Waals surface area contributed by atoms with E-state index in [1.807, 2.05) is 6.92 Å². The highest BCUT2D eigenvalue weighted by Crippen LogP contribution is 2.34. The van der Waals surface area contributed by atoms with Gasteiger partial charge in [0.1, 0.15) is 19.0 Å². The van der Waals surface area contributed by atoms with Gasteiger partial charge in [-0.05, 0) is 51.0 Å². The Balaban J connectivity index is 1.38. The van der Waals surface area contributed by atoms with Gasteiger partial charge in [0.25, 0.3) is 15.9 Å². The normalized spacial score (nSPS) is 16.0. The van der Waals surface area contributed by atoms with Crippen molar-refractivity contribution >= 4 is 27.3 Å². The monoisotopic (exact) mass is 495 g/mol. The number of sulfonamides is 1. The highest BCUT2D eigenvalue weighted by Gasteiger charge is 2.28. The molecule has 0 spiro atoms. The van der Waals surface area contributed by atoms with Crippen LogP contribution in [0.1, 0.15) is 45.8 Å². The molecule has 2 heterocycles. The number of aryl methyl sites for hydroxylation is 2. The van der Waals surface area contributed by atoms with Crippen LogP contribution in [0.5, 0.6) is 11.5 Å². The SMILES string of the molecule is Cc1ccc(S(=O)(=O)N/N=C2\CCCc3oc(C(=O)Nc4ccc5c(c4)OCCO5)c(C)c32)cc1. The second kappa shape index (κ2) is 9.10. The van der Waals surface area contributed by atoms with E-state index in [0.29, 0.717) is 65.8 Å². The van der Waals surface area contributed by atoms with Gasteiger partial charge in [-0.2, -0.15) is 18.4 Å². The lowest BCUT2D eigenvalue weighted by Gasteiger charge is -2.18. The number of nitrogens with one attached hydrogen (secondary N) is 2. The topological polar surface area (TPSA) is 119 Å². The van der Waals surface area contributed by atoms with E-state index in [-0.39, 0.29) is 10.7 Å². The maximum atomic E-state index is 13.0. The Bertz CT molecular complexity index is 1420. The van der Waals surface area contributed by atoms with Crippen molar-refractivity contribution in [3.63, 3.8) is 0 Å². The van der Waals surface area contributed by atoms with Crippen molar-refractivity contribution in [3.05, 3.63) is 70.7 Å². The molecule has 1 aromatic heterocycles. The molecular weight excluding hydrogens is 470 g/mol. The van der Waals surface area contributed by atoms with Crippen molar-refractivity contribution in [1.82, 2.24) is 4.83 Å². The largest absolute Gasteiger partial charge is 0.486 e. The van der Waals surface area contributed by atoms with E-state index in [1.165, 1.54) is 12.1 Å². The number of hydrogen-bond acceptors (Lipinski definition) is 7. The van der Waals surface area contributed by atoms with E-state index in [0.717, 1.165) is 12.0 Å². The smallest absolute Gasteiger partial charge is 0.291 e. The molecule has 0 atom stereocenters. The third kappa shape index (κ3) is 4.61. The zero-order chi connectivity index (χ0) is 24.6. The number of carbonyl (C=O) groups is 1. The van der Waals surface area contributed by atoms with E-state index in [9.17, 15) is 13.2 Å². The van der Waals surface area contributed by atoms with Gasteiger partial charge in [-0.15, -0.1) is 0 Å². The molecule has 2 aromatic carbocycles. The molecular formula is C25H25N3O6S. The summed E-state index contributed by atoms with van der Waals surface area (Å²) in [5, 5.41) is 7.05. The zero-order valence-corrected chi connectivity index (χ0v) is 20.2. The van der Waals surface area contributed by atoms with Gasteiger partial charge in [-0.25, -0.2) is 0 Å². The summed E-state index contributed by atoms with van der Waals surface area (Å²) in [6, 6.07) is 11.7. The molecule has 10 heteroatoms. The highest BCUT2D eigenvalue weighted by molar-refractivity contribution is 7.89. The Morgan fingerprint density at radius 1 is 0.971 bits per heavy atom. The number of ether oxygens (including phenoxy) is 2. The average molecular weight is 496 g/mol. The Morgan fingerprint density at radius 2 is 1.71 bits per heavy atom. The number of amides is 1. The minimum absolute atomic E-state index is 0.131. The molecule has 182 valence electrons. The predicted molar refractivity (Wildman–Crippen MR) is 130 cm³/mol. The van der Waals surface area contributed by atoms with Crippen LogP contribution in [0.3, 0.4) is 0 Å². The fraction of sp³-hybridized carbons (Fsp3) is 0.280. The molecule has 2 N–H and O–H groups in total. The van der Waals surface area contributed by atoms with Crippen LogP contribution in [0.25, 0.3) is 0 Å². The first-order valence-electron chi connectivity index (χ1n) is 11.3. The van der Waals surface area contributed by atoms with Crippen LogP contribution in [0.4, 0.5) is 5.69 Å². The summed E-state index contributed by atoms with van der Waals surface area (Å²) >= 11 is 0. The van der Waals surface area contributed by atoms with Crippen LogP contribution in [-0.2, 0) is 16.4 Å². The minimum Gasteiger partial charge on any atom is -0.486 e. The molecule has 0 bridgehead atoms. The fourth-order valence-electron chi connectivity index (χ4n) is 4.19. The number of benzene rings is 2. The summed E-state index contributed by atoms with van der Waals surface area (Å²) in [6.45, 7) is 4.60. The van der Waals surface area contributed by atoms with Crippen molar-refractivity contribution in [2.75, 3.05) is 18.5 Å². The van der Waals surface area contributed by atoms with Crippen molar-refractivity contribution in [3.8, 4) is 11.5 Å². The molecule has 1 amide bonds. The average Bonchev–Trinajstić information content (AvgIpc) is 3.20. The lowest BCUT2D eigenvalue weighted by molar-refractivity contribution is 0.0994. The van der Waals surface area contributed by atoms with Gasteiger partial charge in [0, 0.05) is 29.3 Å². The second-order valence-corrected chi connectivity index (χ2v) is 10.1. The molecule has 0 saturated heterocycles. The summed E-state index contributed by atoms with van der Waals surface area (Å²) in [4.78, 5) is 15.5. The van der Waals surface area contributed by atoms with Gasteiger partial charge in [-0.3, -0.25) is 4.79 Å². The second-order valence-electron chi connectivity index (χ2n) is 8.49. The number of furan rings is 1. The van der Waals surface area contributed by atoms with Crippen LogP contribution in [0, 0.1) is 13.8 Å². The third-order valence-electron chi connectivity index (χ3n) is 5.96. The number of hydrogen-bond donors (Lipinski definition) is 2. The fourth-order valence-corrected chi connectivity index (χ4v) is 5.02. The van der Waals surface area contributed by atoms with Crippen LogP contribution >= 0.6 is 0 Å². The number of nitrogens with zero attached hydrogens (tertiary/aromatic N) is 1. The Kier molecular flexibility index (Phi) is 5.98. The van der Waals surface area contributed by atoms with Gasteiger partial charge < -0.3 is 19.2 Å². The lowest BCUT2D eigenvalue weighted by Crippen LogP contribution is -2.22. The molecule has 0 unspecified atom stereocenters. The van der Waals surface area contributed by atoms with E-state index in [1.54, 1.807) is 37.3 Å². The summed E-state index contributed by atoms with van der Waals surface area (Å²) in [7, 11) is -3.82. The molecule has 2 aliphatic rings. The molecule has 5 rings (SSSR count). The minimum atomic E-state index is -3.82.